The van der Waals surface area contributed by atoms with Crippen molar-refractivity contribution in [3.8, 4) is 5.75 Å². The summed E-state index contributed by atoms with van der Waals surface area (Å²) >= 11 is 2.09. The van der Waals surface area contributed by atoms with E-state index in [0.29, 0.717) is 6.42 Å². The summed E-state index contributed by atoms with van der Waals surface area (Å²) in [6.07, 6.45) is 0.358. The second-order valence-electron chi connectivity index (χ2n) is 3.15. The number of carbonyl (C=O) groups excluding carboxylic acids is 1. The third-order valence-corrected chi connectivity index (χ3v) is 2.52. The predicted octanol–water partition coefficient (Wildman–Crippen LogP) is 1.04. The average molecular weight is 321 g/mol. The number of hydrogen-bond donors (Lipinski definition) is 2. The second-order valence-corrected chi connectivity index (χ2v) is 4.40. The molecule has 0 amide bonds. The van der Waals surface area contributed by atoms with Crippen molar-refractivity contribution in [2.45, 2.75) is 12.5 Å². The van der Waals surface area contributed by atoms with Crippen LogP contribution in [0.15, 0.2) is 18.2 Å². The van der Waals surface area contributed by atoms with Crippen LogP contribution < -0.4 is 5.73 Å². The van der Waals surface area contributed by atoms with Crippen LogP contribution in [0.25, 0.3) is 0 Å². The van der Waals surface area contributed by atoms with Crippen molar-refractivity contribution < 1.29 is 14.6 Å². The van der Waals surface area contributed by atoms with Gasteiger partial charge < -0.3 is 15.6 Å². The van der Waals surface area contributed by atoms with Gasteiger partial charge in [-0.15, -0.1) is 0 Å². The summed E-state index contributed by atoms with van der Waals surface area (Å²) in [5.74, 6) is -0.276. The molecule has 0 heterocycles. The first-order valence-corrected chi connectivity index (χ1v) is 5.42. The number of ether oxygens (including phenoxy) is 1. The fourth-order valence-corrected chi connectivity index (χ4v) is 1.96. The van der Waals surface area contributed by atoms with Crippen molar-refractivity contribution in [2.24, 2.45) is 5.73 Å². The molecular formula is C10H12INO3. The highest BCUT2D eigenvalue weighted by molar-refractivity contribution is 14.1. The zero-order chi connectivity index (χ0) is 11.4. The number of aromatic hydroxyl groups is 1. The van der Waals surface area contributed by atoms with Crippen molar-refractivity contribution in [1.29, 1.82) is 0 Å². The molecule has 0 aromatic heterocycles. The van der Waals surface area contributed by atoms with Gasteiger partial charge in [0.1, 0.15) is 11.8 Å². The third-order valence-electron chi connectivity index (χ3n) is 1.90. The van der Waals surface area contributed by atoms with Gasteiger partial charge in [-0.3, -0.25) is 4.79 Å². The second kappa shape index (κ2) is 5.32. The Kier molecular flexibility index (Phi) is 4.34. The average Bonchev–Trinajstić information content (AvgIpc) is 2.14. The van der Waals surface area contributed by atoms with Crippen molar-refractivity contribution >= 4 is 28.6 Å². The maximum Gasteiger partial charge on any atom is 0.322 e. The van der Waals surface area contributed by atoms with E-state index >= 15 is 0 Å². The van der Waals surface area contributed by atoms with Crippen LogP contribution in [0.4, 0.5) is 0 Å². The molecule has 15 heavy (non-hydrogen) atoms. The van der Waals surface area contributed by atoms with Gasteiger partial charge in [0.2, 0.25) is 0 Å². The fourth-order valence-electron chi connectivity index (χ4n) is 1.24. The van der Waals surface area contributed by atoms with Gasteiger partial charge in [0.05, 0.1) is 7.11 Å². The Balaban J connectivity index is 2.76. The Bertz CT molecular complexity index is 347. The molecule has 0 aliphatic heterocycles. The molecule has 0 aliphatic carbocycles. The molecule has 3 N–H and O–H groups in total. The summed E-state index contributed by atoms with van der Waals surface area (Å²) in [5, 5.41) is 9.34. The van der Waals surface area contributed by atoms with Gasteiger partial charge in [-0.25, -0.2) is 0 Å². The molecule has 1 rings (SSSR count). The quantitative estimate of drug-likeness (QED) is 0.644. The molecule has 0 bridgehead atoms. The summed E-state index contributed by atoms with van der Waals surface area (Å²) in [6, 6.07) is 4.40. The van der Waals surface area contributed by atoms with Crippen LogP contribution >= 0.6 is 22.6 Å². The van der Waals surface area contributed by atoms with E-state index in [2.05, 4.69) is 27.3 Å². The molecule has 5 heteroatoms. The normalized spacial score (nSPS) is 12.2. The number of phenolic OH excluding ortho intramolecular Hbond substituents is 1. The van der Waals surface area contributed by atoms with E-state index < -0.39 is 12.0 Å². The smallest absolute Gasteiger partial charge is 0.322 e. The van der Waals surface area contributed by atoms with Crippen molar-refractivity contribution in [1.82, 2.24) is 0 Å². The molecule has 4 nitrogen and oxygen atoms in total. The van der Waals surface area contributed by atoms with Gasteiger partial charge in [-0.05, 0) is 52.8 Å². The molecule has 1 aromatic rings. The Morgan fingerprint density at radius 3 is 2.80 bits per heavy atom. The first kappa shape index (κ1) is 12.3. The van der Waals surface area contributed by atoms with Gasteiger partial charge in [-0.1, -0.05) is 0 Å². The lowest BCUT2D eigenvalue weighted by molar-refractivity contribution is -0.142. The molecule has 0 radical (unpaired) electrons. The molecule has 82 valence electrons. The Morgan fingerprint density at radius 1 is 1.60 bits per heavy atom. The molecule has 1 atom stereocenters. The van der Waals surface area contributed by atoms with E-state index in [0.717, 1.165) is 9.13 Å². The van der Waals surface area contributed by atoms with Gasteiger partial charge in [0.15, 0.2) is 0 Å². The molecule has 0 saturated carbocycles. The number of methoxy groups -OCH3 is 1. The number of phenols is 1. The summed E-state index contributed by atoms with van der Waals surface area (Å²) in [5.41, 5.74) is 6.42. The van der Waals surface area contributed by atoms with E-state index in [4.69, 9.17) is 5.73 Å². The first-order valence-electron chi connectivity index (χ1n) is 4.34. The predicted molar refractivity (Wildman–Crippen MR) is 64.5 cm³/mol. The van der Waals surface area contributed by atoms with Crippen LogP contribution in [0.5, 0.6) is 5.75 Å². The lowest BCUT2D eigenvalue weighted by Crippen LogP contribution is -2.33. The van der Waals surface area contributed by atoms with E-state index in [1.807, 2.05) is 6.07 Å². The van der Waals surface area contributed by atoms with Gasteiger partial charge in [0.25, 0.3) is 0 Å². The Hall–Kier alpha value is -0.820. The zero-order valence-corrected chi connectivity index (χ0v) is 10.4. The highest BCUT2D eigenvalue weighted by atomic mass is 127. The topological polar surface area (TPSA) is 72.5 Å². The summed E-state index contributed by atoms with van der Waals surface area (Å²) in [7, 11) is 1.30. The summed E-state index contributed by atoms with van der Waals surface area (Å²) < 4.78 is 5.42. The van der Waals surface area contributed by atoms with Gasteiger partial charge in [0, 0.05) is 3.57 Å². The SMILES string of the molecule is COC(=O)[C@@H](N)Cc1cc(O)cc(I)c1. The number of benzene rings is 1. The molecule has 1 aromatic carbocycles. The number of halogens is 1. The lowest BCUT2D eigenvalue weighted by Gasteiger charge is -2.09. The third kappa shape index (κ3) is 3.67. The van der Waals surface area contributed by atoms with Crippen LogP contribution in [0.2, 0.25) is 0 Å². The van der Waals surface area contributed by atoms with E-state index in [1.165, 1.54) is 7.11 Å². The van der Waals surface area contributed by atoms with Crippen LogP contribution in [0, 0.1) is 3.57 Å². The number of nitrogens with two attached hydrogens (primary N) is 1. The van der Waals surface area contributed by atoms with Gasteiger partial charge in [-0.2, -0.15) is 0 Å². The number of hydrogen-bond acceptors (Lipinski definition) is 4. The minimum absolute atomic E-state index is 0.175. The first-order chi connectivity index (χ1) is 7.02. The molecule has 0 unspecified atom stereocenters. The van der Waals surface area contributed by atoms with Crippen molar-refractivity contribution in [3.05, 3.63) is 27.3 Å². The number of esters is 1. The monoisotopic (exact) mass is 321 g/mol. The van der Waals surface area contributed by atoms with E-state index in [-0.39, 0.29) is 5.75 Å². The molecule has 0 aliphatic rings. The Morgan fingerprint density at radius 2 is 2.27 bits per heavy atom. The van der Waals surface area contributed by atoms with E-state index in [1.54, 1.807) is 12.1 Å². The number of carbonyl (C=O) groups is 1. The van der Waals surface area contributed by atoms with E-state index in [9.17, 15) is 9.90 Å². The van der Waals surface area contributed by atoms with Crippen LogP contribution in [-0.4, -0.2) is 24.2 Å². The maximum atomic E-state index is 11.1. The largest absolute Gasteiger partial charge is 0.508 e. The molecule has 0 spiro atoms. The summed E-state index contributed by atoms with van der Waals surface area (Å²) in [6.45, 7) is 0. The highest BCUT2D eigenvalue weighted by Crippen LogP contribution is 2.18. The van der Waals surface area contributed by atoms with Crippen LogP contribution in [-0.2, 0) is 16.0 Å². The molecule has 0 fully saturated rings. The summed E-state index contributed by atoms with van der Waals surface area (Å²) in [4.78, 5) is 11.1. The fraction of sp³-hybridized carbons (Fsp3) is 0.300. The minimum Gasteiger partial charge on any atom is -0.508 e. The lowest BCUT2D eigenvalue weighted by atomic mass is 10.1. The minimum atomic E-state index is -0.687. The van der Waals surface area contributed by atoms with Crippen molar-refractivity contribution in [3.63, 3.8) is 0 Å². The zero-order valence-electron chi connectivity index (χ0n) is 8.24. The Labute approximate surface area is 102 Å². The number of rotatable bonds is 3. The van der Waals surface area contributed by atoms with Gasteiger partial charge >= 0.3 is 5.97 Å². The maximum absolute atomic E-state index is 11.1. The standard InChI is InChI=1S/C10H12INO3/c1-15-10(14)9(12)4-6-2-7(11)5-8(13)3-6/h2-3,5,9,13H,4,12H2,1H3/t9-/m0/s1. The van der Waals surface area contributed by atoms with Crippen LogP contribution in [0.3, 0.4) is 0 Å². The molecule has 0 saturated heterocycles. The molecular weight excluding hydrogens is 309 g/mol. The van der Waals surface area contributed by atoms with Crippen LogP contribution in [0.1, 0.15) is 5.56 Å². The van der Waals surface area contributed by atoms with Crippen molar-refractivity contribution in [2.75, 3.05) is 7.11 Å². The highest BCUT2D eigenvalue weighted by Gasteiger charge is 2.14.